The Hall–Kier alpha value is -1.55. The lowest BCUT2D eigenvalue weighted by atomic mass is 9.94. The number of nitrogens with one attached hydrogen (secondary N) is 1. The maximum Gasteiger partial charge on any atom is 0.394 e. The molecule has 9 N–H and O–H groups in total. The number of β-amino-alcohol motifs (C(OH)–C–C–N with tert-alkyl or cyclic N) is 1. The van der Waals surface area contributed by atoms with E-state index in [4.69, 9.17) is 28.7 Å². The highest BCUT2D eigenvalue weighted by Crippen LogP contribution is 2.19. The number of piperidine rings is 1. The van der Waals surface area contributed by atoms with Gasteiger partial charge in [0.15, 0.2) is 5.96 Å². The van der Waals surface area contributed by atoms with E-state index < -0.39 is 47.3 Å². The maximum atomic E-state index is 12.0. The highest BCUT2D eigenvalue weighted by atomic mass is 32.3. The van der Waals surface area contributed by atoms with Crippen LogP contribution in [0, 0.1) is 5.41 Å². The predicted molar refractivity (Wildman–Crippen MR) is 79.3 cm³/mol. The molecule has 1 amide bonds. The Morgan fingerprint density at radius 1 is 1.29 bits per heavy atom. The van der Waals surface area contributed by atoms with Crippen molar-refractivity contribution in [2.75, 3.05) is 26.7 Å². The highest BCUT2D eigenvalue weighted by molar-refractivity contribution is 7.79. The van der Waals surface area contributed by atoms with Gasteiger partial charge in [-0.2, -0.15) is 8.42 Å². The van der Waals surface area contributed by atoms with Gasteiger partial charge in [0.1, 0.15) is 18.3 Å². The van der Waals surface area contributed by atoms with E-state index in [2.05, 4.69) is 0 Å². The highest BCUT2D eigenvalue weighted by Gasteiger charge is 2.43. The third kappa shape index (κ3) is 7.35. The first kappa shape index (κ1) is 22.4. The van der Waals surface area contributed by atoms with Crippen LogP contribution < -0.4 is 5.73 Å². The van der Waals surface area contributed by atoms with E-state index in [9.17, 15) is 25.2 Å². The first-order valence-corrected chi connectivity index (χ1v) is 7.88. The van der Waals surface area contributed by atoms with Gasteiger partial charge in [0.05, 0.1) is 19.2 Å². The Morgan fingerprint density at radius 3 is 2.12 bits per heavy atom. The first-order chi connectivity index (χ1) is 10.8. The molecule has 142 valence electrons. The van der Waals surface area contributed by atoms with Crippen LogP contribution in [0.2, 0.25) is 0 Å². The number of guanidine groups is 1. The second-order valence-electron chi connectivity index (χ2n) is 5.03. The second kappa shape index (κ2) is 9.07. The van der Waals surface area contributed by atoms with E-state index in [0.717, 1.165) is 4.90 Å². The fourth-order valence-electron chi connectivity index (χ4n) is 1.96. The Bertz CT molecular complexity index is 534. The SMILES string of the molecule is CN(CC(=O)N1C[C@H](O)[C@@H](O)[C@@H](O)C1CO)C(=N)N.O=S(=O)(O)O. The molecular weight excluding hydrogens is 352 g/mol. The zero-order chi connectivity index (χ0) is 19.2. The number of carbonyl (C=O) groups excluding carboxylic acids is 1. The van der Waals surface area contributed by atoms with Crippen molar-refractivity contribution >= 4 is 22.3 Å². The minimum absolute atomic E-state index is 0.200. The maximum absolute atomic E-state index is 12.0. The molecule has 0 aromatic carbocycles. The molecule has 0 radical (unpaired) electrons. The monoisotopic (exact) mass is 374 g/mol. The molecule has 14 heteroatoms. The summed E-state index contributed by atoms with van der Waals surface area (Å²) in [5.74, 6) is -0.811. The van der Waals surface area contributed by atoms with Gasteiger partial charge in [-0.25, -0.2) is 0 Å². The lowest BCUT2D eigenvalue weighted by molar-refractivity contribution is -0.166. The first-order valence-electron chi connectivity index (χ1n) is 6.49. The molecule has 1 heterocycles. The van der Waals surface area contributed by atoms with Crippen molar-refractivity contribution in [3.05, 3.63) is 0 Å². The molecule has 0 aromatic rings. The number of hydrogen-bond donors (Lipinski definition) is 8. The summed E-state index contributed by atoms with van der Waals surface area (Å²) in [7, 11) is -3.22. The molecule has 0 spiro atoms. The topological polar surface area (TPSA) is 229 Å². The van der Waals surface area contributed by atoms with Crippen molar-refractivity contribution < 1.29 is 42.7 Å². The molecule has 0 bridgehead atoms. The van der Waals surface area contributed by atoms with Crippen molar-refractivity contribution in [1.82, 2.24) is 9.80 Å². The largest absolute Gasteiger partial charge is 0.394 e. The van der Waals surface area contributed by atoms with E-state index in [-0.39, 0.29) is 19.0 Å². The van der Waals surface area contributed by atoms with Gasteiger partial charge in [-0.1, -0.05) is 0 Å². The van der Waals surface area contributed by atoms with Gasteiger partial charge in [-0.15, -0.1) is 0 Å². The third-order valence-corrected chi connectivity index (χ3v) is 3.21. The Kier molecular flexibility index (Phi) is 8.48. The molecule has 1 aliphatic heterocycles. The molecule has 1 fully saturated rings. The zero-order valence-electron chi connectivity index (χ0n) is 12.7. The van der Waals surface area contributed by atoms with Crippen molar-refractivity contribution in [1.29, 1.82) is 5.41 Å². The number of hydrogen-bond acceptors (Lipinski definition) is 8. The molecule has 1 aliphatic rings. The van der Waals surface area contributed by atoms with Crippen LogP contribution in [0.1, 0.15) is 0 Å². The lowest BCUT2D eigenvalue weighted by Crippen LogP contribution is -2.65. The van der Waals surface area contributed by atoms with Crippen LogP contribution in [-0.2, 0) is 15.2 Å². The minimum Gasteiger partial charge on any atom is -0.394 e. The van der Waals surface area contributed by atoms with Gasteiger partial charge in [0, 0.05) is 13.6 Å². The van der Waals surface area contributed by atoms with Crippen molar-refractivity contribution in [3.63, 3.8) is 0 Å². The number of aliphatic hydroxyl groups is 4. The van der Waals surface area contributed by atoms with Crippen LogP contribution in [0.15, 0.2) is 0 Å². The van der Waals surface area contributed by atoms with Crippen LogP contribution in [0.25, 0.3) is 0 Å². The molecule has 1 saturated heterocycles. The van der Waals surface area contributed by atoms with Crippen molar-refractivity contribution in [2.45, 2.75) is 24.4 Å². The smallest absolute Gasteiger partial charge is 0.394 e. The average Bonchev–Trinajstić information content (AvgIpc) is 2.42. The van der Waals surface area contributed by atoms with Crippen molar-refractivity contribution in [3.8, 4) is 0 Å². The quantitative estimate of drug-likeness (QED) is 0.133. The Labute approximate surface area is 138 Å². The van der Waals surface area contributed by atoms with E-state index in [1.165, 1.54) is 11.9 Å². The predicted octanol–water partition coefficient (Wildman–Crippen LogP) is -4.56. The normalized spacial score (nSPS) is 27.0. The van der Waals surface area contributed by atoms with E-state index >= 15 is 0 Å². The van der Waals surface area contributed by atoms with Crippen LogP contribution in [0.3, 0.4) is 0 Å². The molecule has 0 aliphatic carbocycles. The van der Waals surface area contributed by atoms with E-state index in [1.54, 1.807) is 0 Å². The minimum atomic E-state index is -4.67. The van der Waals surface area contributed by atoms with Gasteiger partial charge in [0.2, 0.25) is 5.91 Å². The summed E-state index contributed by atoms with van der Waals surface area (Å²) in [5.41, 5.74) is 5.21. The van der Waals surface area contributed by atoms with Gasteiger partial charge in [-0.05, 0) is 0 Å². The Balaban J connectivity index is 0.000000922. The van der Waals surface area contributed by atoms with Gasteiger partial charge < -0.3 is 36.0 Å². The number of carbonyl (C=O) groups is 1. The summed E-state index contributed by atoms with van der Waals surface area (Å²) < 4.78 is 31.6. The molecule has 0 saturated carbocycles. The van der Waals surface area contributed by atoms with Crippen molar-refractivity contribution in [2.24, 2.45) is 5.73 Å². The summed E-state index contributed by atoms with van der Waals surface area (Å²) in [6, 6.07) is -0.994. The molecular formula is C10H22N4O9S. The molecule has 0 aromatic heterocycles. The second-order valence-corrected chi connectivity index (χ2v) is 5.93. The number of nitrogens with two attached hydrogens (primary N) is 1. The van der Waals surface area contributed by atoms with E-state index in [1.807, 2.05) is 0 Å². The summed E-state index contributed by atoms with van der Waals surface area (Å²) in [6.45, 7) is -0.962. The lowest BCUT2D eigenvalue weighted by Gasteiger charge is -2.43. The van der Waals surface area contributed by atoms with Gasteiger partial charge >= 0.3 is 10.4 Å². The number of aliphatic hydroxyl groups excluding tert-OH is 4. The standard InChI is InChI=1S/C10H20N4O5.H2O4S/c1-13(10(11)12)3-7(17)14-2-6(16)9(19)8(18)5(14)4-15;1-5(2,3)4/h5-6,8-9,15-16,18-19H,2-4H2,1H3,(H3,11,12);(H2,1,2,3,4)/t5?,6-,8-,9+;/m0./s1. The summed E-state index contributed by atoms with van der Waals surface area (Å²) >= 11 is 0. The molecule has 1 rings (SSSR count). The summed E-state index contributed by atoms with van der Waals surface area (Å²) in [6.07, 6.45) is -4.13. The van der Waals surface area contributed by atoms with Crippen LogP contribution in [0.4, 0.5) is 0 Å². The van der Waals surface area contributed by atoms with Crippen LogP contribution in [-0.4, -0.2) is 111 Å². The number of amides is 1. The number of likely N-dealkylation sites (N-methyl/N-ethyl adjacent to an activating group) is 1. The van der Waals surface area contributed by atoms with Crippen LogP contribution >= 0.6 is 0 Å². The molecule has 1 unspecified atom stereocenters. The zero-order valence-corrected chi connectivity index (χ0v) is 13.5. The molecule has 24 heavy (non-hydrogen) atoms. The summed E-state index contributed by atoms with van der Waals surface area (Å²) in [5, 5.41) is 45.1. The van der Waals surface area contributed by atoms with Crippen LogP contribution in [0.5, 0.6) is 0 Å². The number of likely N-dealkylation sites (tertiary alicyclic amines) is 1. The third-order valence-electron chi connectivity index (χ3n) is 3.21. The molecule has 13 nitrogen and oxygen atoms in total. The Morgan fingerprint density at radius 2 is 1.75 bits per heavy atom. The van der Waals surface area contributed by atoms with Gasteiger partial charge in [-0.3, -0.25) is 19.3 Å². The molecule has 4 atom stereocenters. The number of rotatable bonds is 3. The van der Waals surface area contributed by atoms with E-state index in [0.29, 0.717) is 0 Å². The fourth-order valence-corrected chi connectivity index (χ4v) is 1.96. The number of nitrogens with zero attached hydrogens (tertiary/aromatic N) is 2. The van der Waals surface area contributed by atoms with Gasteiger partial charge in [0.25, 0.3) is 0 Å². The summed E-state index contributed by atoms with van der Waals surface area (Å²) in [4.78, 5) is 14.3. The average molecular weight is 374 g/mol. The fraction of sp³-hybridized carbons (Fsp3) is 0.800.